The summed E-state index contributed by atoms with van der Waals surface area (Å²) in [7, 11) is 0. The number of para-hydroxylation sites is 2. The predicted octanol–water partition coefficient (Wildman–Crippen LogP) is 11.7. The lowest BCUT2D eigenvalue weighted by molar-refractivity contribution is 0.466. The Morgan fingerprint density at radius 3 is 1.15 bits per heavy atom. The third-order valence-corrected chi connectivity index (χ3v) is 14.5. The molecule has 4 heterocycles. The quantitative estimate of drug-likeness (QED) is 0.165. The van der Waals surface area contributed by atoms with Crippen LogP contribution in [0.25, 0.3) is 22.3 Å². The van der Waals surface area contributed by atoms with Crippen LogP contribution in [0.5, 0.6) is 23.0 Å². The number of fused-ring (bicyclic) bond motifs is 8. The van der Waals surface area contributed by atoms with Crippen LogP contribution in [0.2, 0.25) is 0 Å². The van der Waals surface area contributed by atoms with E-state index >= 15 is 0 Å². The second-order valence-corrected chi connectivity index (χ2v) is 18.8. The zero-order valence-electron chi connectivity index (χ0n) is 38.0. The normalized spacial score (nSPS) is 13.4. The van der Waals surface area contributed by atoms with Crippen molar-refractivity contribution in [1.29, 1.82) is 0 Å². The Balaban J connectivity index is 1.08. The van der Waals surface area contributed by atoms with Crippen LogP contribution in [0.4, 0.5) is 34.1 Å². The molecule has 9 aromatic carbocycles. The Kier molecular flexibility index (Phi) is 8.46. The summed E-state index contributed by atoms with van der Waals surface area (Å²) >= 11 is 0. The first kappa shape index (κ1) is 38.7. The van der Waals surface area contributed by atoms with Gasteiger partial charge in [0.2, 0.25) is 0 Å². The molecule has 4 nitrogen and oxygen atoms in total. The van der Waals surface area contributed by atoms with Gasteiger partial charge in [-0.25, -0.2) is 0 Å². The van der Waals surface area contributed by atoms with Crippen molar-refractivity contribution >= 4 is 80.3 Å². The number of anilines is 6. The molecule has 0 aliphatic carbocycles. The van der Waals surface area contributed by atoms with Gasteiger partial charge in [-0.05, 0) is 191 Å². The van der Waals surface area contributed by atoms with E-state index in [1.807, 2.05) is 0 Å². The van der Waals surface area contributed by atoms with Gasteiger partial charge in [-0.15, -0.1) is 0 Å². The highest BCUT2D eigenvalue weighted by molar-refractivity contribution is 7.02. The summed E-state index contributed by atoms with van der Waals surface area (Å²) in [6.07, 6.45) is 0. The molecular weight excluding hydrogens is 802 g/mol. The molecule has 0 atom stereocenters. The van der Waals surface area contributed by atoms with Crippen LogP contribution in [-0.4, -0.2) is 13.4 Å². The van der Waals surface area contributed by atoms with Crippen molar-refractivity contribution in [3.8, 4) is 45.3 Å². The Morgan fingerprint density at radius 1 is 0.333 bits per heavy atom. The van der Waals surface area contributed by atoms with Crippen molar-refractivity contribution in [3.63, 3.8) is 0 Å². The number of benzene rings is 9. The van der Waals surface area contributed by atoms with Crippen LogP contribution in [0.3, 0.4) is 0 Å². The lowest BCUT2D eigenvalue weighted by Crippen LogP contribution is -2.63. The highest BCUT2D eigenvalue weighted by Gasteiger charge is 2.47. The highest BCUT2D eigenvalue weighted by Crippen LogP contribution is 2.47. The number of hydrogen-bond donors (Lipinski definition) is 0. The number of aryl methyl sites for hydroxylation is 6. The minimum absolute atomic E-state index is 0.0826. The monoisotopic (exact) mass is 848 g/mol. The third-order valence-electron chi connectivity index (χ3n) is 14.5. The van der Waals surface area contributed by atoms with E-state index in [0.717, 1.165) is 67.8 Å². The minimum atomic E-state index is -0.0826. The summed E-state index contributed by atoms with van der Waals surface area (Å²) in [6.45, 7) is 13.1. The van der Waals surface area contributed by atoms with Gasteiger partial charge in [0.25, 0.3) is 13.4 Å². The molecule has 0 aromatic heterocycles. The van der Waals surface area contributed by atoms with Gasteiger partial charge < -0.3 is 19.3 Å². The van der Waals surface area contributed by atoms with Crippen LogP contribution < -0.4 is 52.1 Å². The fourth-order valence-electron chi connectivity index (χ4n) is 11.7. The zero-order valence-corrected chi connectivity index (χ0v) is 38.0. The second-order valence-electron chi connectivity index (χ2n) is 18.8. The van der Waals surface area contributed by atoms with Crippen LogP contribution in [0, 0.1) is 41.5 Å². The molecule has 0 unspecified atom stereocenters. The Morgan fingerprint density at radius 2 is 0.742 bits per heavy atom. The van der Waals surface area contributed by atoms with Gasteiger partial charge in [0.1, 0.15) is 23.0 Å². The van der Waals surface area contributed by atoms with Gasteiger partial charge >= 0.3 is 0 Å². The highest BCUT2D eigenvalue weighted by atomic mass is 16.5. The molecule has 0 amide bonds. The standard InChI is InChI=1S/C60H46B2N2O2/c1-35-23-25-45-49(27-35)63(43-19-9-7-10-20-43)51-29-41(57-37(3)15-13-16-38(57)4)31-55-59(51)61(45)47-33-48-54(34-53(47)65-55)66-56-32-42(58-39(5)17-14-18-40(58)6)30-52-60(56)62(48)46-26-24-36(2)28-50(46)64(52)44-21-11-8-12-22-44/h7-34H,1-6H3. The summed E-state index contributed by atoms with van der Waals surface area (Å²) in [5, 5.41) is 0. The van der Waals surface area contributed by atoms with Crippen LogP contribution in [-0.2, 0) is 0 Å². The van der Waals surface area contributed by atoms with E-state index in [1.54, 1.807) is 0 Å². The maximum atomic E-state index is 7.32. The van der Waals surface area contributed by atoms with Crippen molar-refractivity contribution in [2.75, 3.05) is 9.80 Å². The average Bonchev–Trinajstić information content (AvgIpc) is 3.31. The SMILES string of the molecule is Cc1ccc2c(c1)N(c1ccccc1)c1cc(-c3c(C)cccc3C)cc3c1B2c1cc2c(cc1O3)Oc1cc(-c3c(C)cccc3C)cc3c1B2c1ccc(C)cc1N3c1ccccc1. The van der Waals surface area contributed by atoms with Crippen LogP contribution in [0.15, 0.2) is 170 Å². The lowest BCUT2D eigenvalue weighted by Gasteiger charge is -2.42. The number of nitrogens with zero attached hydrogens (tertiary/aromatic N) is 2. The van der Waals surface area contributed by atoms with Crippen molar-refractivity contribution in [1.82, 2.24) is 0 Å². The van der Waals surface area contributed by atoms with E-state index < -0.39 is 0 Å². The number of hydrogen-bond acceptors (Lipinski definition) is 4. The van der Waals surface area contributed by atoms with E-state index in [2.05, 4.69) is 221 Å². The zero-order chi connectivity index (χ0) is 44.5. The first-order valence-electron chi connectivity index (χ1n) is 23.1. The van der Waals surface area contributed by atoms with Gasteiger partial charge in [-0.3, -0.25) is 0 Å². The van der Waals surface area contributed by atoms with Crippen molar-refractivity contribution in [2.24, 2.45) is 0 Å². The van der Waals surface area contributed by atoms with Gasteiger partial charge in [-0.2, -0.15) is 0 Å². The molecule has 0 saturated carbocycles. The first-order chi connectivity index (χ1) is 32.2. The Bertz CT molecular complexity index is 3260. The summed E-state index contributed by atoms with van der Waals surface area (Å²) in [5.41, 5.74) is 26.2. The Hall–Kier alpha value is -7.69. The molecule has 0 bridgehead atoms. The topological polar surface area (TPSA) is 24.9 Å². The molecule has 0 spiro atoms. The summed E-state index contributed by atoms with van der Waals surface area (Å²) < 4.78 is 14.6. The van der Waals surface area contributed by atoms with Crippen LogP contribution in [0.1, 0.15) is 33.4 Å². The lowest BCUT2D eigenvalue weighted by atomic mass is 9.31. The van der Waals surface area contributed by atoms with Crippen molar-refractivity contribution < 1.29 is 9.47 Å². The molecule has 9 aromatic rings. The van der Waals surface area contributed by atoms with Gasteiger partial charge in [-0.1, -0.05) is 103 Å². The van der Waals surface area contributed by atoms with Crippen molar-refractivity contribution in [2.45, 2.75) is 41.5 Å². The van der Waals surface area contributed by atoms with Crippen LogP contribution >= 0.6 is 0 Å². The van der Waals surface area contributed by atoms with E-state index in [1.165, 1.54) is 77.7 Å². The molecule has 0 radical (unpaired) electrons. The van der Waals surface area contributed by atoms with Crippen molar-refractivity contribution in [3.05, 3.63) is 203 Å². The minimum Gasteiger partial charge on any atom is -0.458 e. The second kappa shape index (κ2) is 14.4. The fraction of sp³-hybridized carbons (Fsp3) is 0.100. The number of rotatable bonds is 4. The maximum absolute atomic E-state index is 7.32. The van der Waals surface area contributed by atoms with E-state index in [-0.39, 0.29) is 13.4 Å². The molecule has 66 heavy (non-hydrogen) atoms. The molecule has 0 N–H and O–H groups in total. The van der Waals surface area contributed by atoms with E-state index in [0.29, 0.717) is 0 Å². The molecule has 4 aliphatic heterocycles. The van der Waals surface area contributed by atoms with Gasteiger partial charge in [0.15, 0.2) is 0 Å². The number of ether oxygens (including phenoxy) is 2. The van der Waals surface area contributed by atoms with E-state index in [9.17, 15) is 0 Å². The van der Waals surface area contributed by atoms with Gasteiger partial charge in [0, 0.05) is 40.2 Å². The predicted molar refractivity (Wildman–Crippen MR) is 277 cm³/mol. The summed E-state index contributed by atoms with van der Waals surface area (Å²) in [6, 6.07) is 62.7. The third kappa shape index (κ3) is 5.67. The molecule has 13 rings (SSSR count). The fourth-order valence-corrected chi connectivity index (χ4v) is 11.7. The summed E-state index contributed by atoms with van der Waals surface area (Å²) in [5.74, 6) is 3.41. The largest absolute Gasteiger partial charge is 0.458 e. The Labute approximate surface area is 387 Å². The molecule has 0 saturated heterocycles. The van der Waals surface area contributed by atoms with Gasteiger partial charge in [0.05, 0.1) is 0 Å². The average molecular weight is 849 g/mol. The smallest absolute Gasteiger partial charge is 0.256 e. The summed E-state index contributed by atoms with van der Waals surface area (Å²) in [4.78, 5) is 4.91. The van der Waals surface area contributed by atoms with E-state index in [4.69, 9.17) is 9.47 Å². The molecule has 6 heteroatoms. The maximum Gasteiger partial charge on any atom is 0.256 e. The molecule has 314 valence electrons. The first-order valence-corrected chi connectivity index (χ1v) is 23.1. The molecule has 0 fully saturated rings. The molecular formula is C60H46B2N2O2. The molecule has 4 aliphatic rings.